The maximum atomic E-state index is 12.3. The molecule has 0 saturated heterocycles. The molecule has 0 saturated carbocycles. The first-order valence-electron chi connectivity index (χ1n) is 7.17. The molecule has 2 aromatic rings. The minimum Gasteiger partial charge on any atom is -0.467 e. The molecule has 0 radical (unpaired) electrons. The van der Waals surface area contributed by atoms with Gasteiger partial charge in [0.25, 0.3) is 0 Å². The van der Waals surface area contributed by atoms with Gasteiger partial charge in [0.15, 0.2) is 6.04 Å². The van der Waals surface area contributed by atoms with Crippen LogP contribution in [0.2, 0.25) is 5.02 Å². The second kappa shape index (κ2) is 7.79. The van der Waals surface area contributed by atoms with E-state index in [0.29, 0.717) is 17.1 Å². The number of benzene rings is 2. The monoisotopic (exact) mass is 331 g/mol. The first kappa shape index (κ1) is 17.0. The van der Waals surface area contributed by atoms with Crippen molar-refractivity contribution in [3.8, 4) is 0 Å². The molecule has 0 aliphatic carbocycles. The maximum Gasteiger partial charge on any atom is 0.333 e. The Kier molecular flexibility index (Phi) is 5.77. The van der Waals surface area contributed by atoms with Crippen LogP contribution in [-0.2, 0) is 20.9 Å². The van der Waals surface area contributed by atoms with Gasteiger partial charge in [-0.15, -0.1) is 0 Å². The van der Waals surface area contributed by atoms with Crippen molar-refractivity contribution in [2.75, 3.05) is 7.11 Å². The van der Waals surface area contributed by atoms with Crippen LogP contribution in [0.3, 0.4) is 0 Å². The highest BCUT2D eigenvalue weighted by atomic mass is 35.5. The highest BCUT2D eigenvalue weighted by Crippen LogP contribution is 2.26. The van der Waals surface area contributed by atoms with E-state index in [9.17, 15) is 9.59 Å². The minimum atomic E-state index is -0.810. The number of halogens is 1. The van der Waals surface area contributed by atoms with Gasteiger partial charge in [-0.3, -0.25) is 4.79 Å². The Morgan fingerprint density at radius 1 is 1.09 bits per heavy atom. The predicted octanol–water partition coefficient (Wildman–Crippen LogP) is 3.60. The van der Waals surface area contributed by atoms with Crippen LogP contribution in [0.1, 0.15) is 24.1 Å². The van der Waals surface area contributed by atoms with Gasteiger partial charge in [-0.2, -0.15) is 0 Å². The van der Waals surface area contributed by atoms with Gasteiger partial charge < -0.3 is 9.64 Å². The lowest BCUT2D eigenvalue weighted by molar-refractivity contribution is -0.153. The summed E-state index contributed by atoms with van der Waals surface area (Å²) in [6.45, 7) is 1.76. The summed E-state index contributed by atoms with van der Waals surface area (Å²) in [6, 6.07) is 15.5. The molecule has 0 heterocycles. The van der Waals surface area contributed by atoms with Gasteiger partial charge in [-0.05, 0) is 23.3 Å². The maximum absolute atomic E-state index is 12.3. The summed E-state index contributed by atoms with van der Waals surface area (Å²) in [6.07, 6.45) is 0. The number of nitrogens with zero attached hydrogens (tertiary/aromatic N) is 1. The third-order valence-corrected chi connectivity index (χ3v) is 3.77. The van der Waals surface area contributed by atoms with Crippen LogP contribution in [0.25, 0.3) is 0 Å². The van der Waals surface area contributed by atoms with E-state index in [1.165, 1.54) is 18.9 Å². The molecule has 0 aromatic heterocycles. The van der Waals surface area contributed by atoms with Gasteiger partial charge in [-0.25, -0.2) is 4.79 Å². The first-order valence-corrected chi connectivity index (χ1v) is 7.55. The van der Waals surface area contributed by atoms with Crippen molar-refractivity contribution in [3.63, 3.8) is 0 Å². The van der Waals surface area contributed by atoms with Crippen molar-refractivity contribution in [2.24, 2.45) is 0 Å². The molecule has 0 spiro atoms. The Hall–Kier alpha value is -2.33. The van der Waals surface area contributed by atoms with E-state index in [-0.39, 0.29) is 5.91 Å². The second-order valence-electron chi connectivity index (χ2n) is 5.11. The van der Waals surface area contributed by atoms with Crippen molar-refractivity contribution in [1.29, 1.82) is 0 Å². The van der Waals surface area contributed by atoms with E-state index >= 15 is 0 Å². The Bertz CT molecular complexity index is 670. The van der Waals surface area contributed by atoms with Crippen LogP contribution < -0.4 is 0 Å². The molecule has 0 fully saturated rings. The Balaban J connectivity index is 2.39. The standard InChI is InChI=1S/C18H18ClNO3/c1-13(21)20(12-14-6-4-3-5-7-14)17(18(22)23-2)15-8-10-16(19)11-9-15/h3-11,17H,12H2,1-2H3. The van der Waals surface area contributed by atoms with Crippen LogP contribution in [-0.4, -0.2) is 23.9 Å². The van der Waals surface area contributed by atoms with Gasteiger partial charge in [0.05, 0.1) is 7.11 Å². The first-order chi connectivity index (χ1) is 11.0. The highest BCUT2D eigenvalue weighted by Gasteiger charge is 2.30. The van der Waals surface area contributed by atoms with Crippen molar-refractivity contribution >= 4 is 23.5 Å². The quantitative estimate of drug-likeness (QED) is 0.786. The Morgan fingerprint density at radius 2 is 1.70 bits per heavy atom. The highest BCUT2D eigenvalue weighted by molar-refractivity contribution is 6.30. The van der Waals surface area contributed by atoms with Crippen LogP contribution >= 0.6 is 11.6 Å². The number of carbonyl (C=O) groups excluding carboxylic acids is 2. The molecule has 4 nitrogen and oxygen atoms in total. The summed E-state index contributed by atoms with van der Waals surface area (Å²) < 4.78 is 4.90. The molecule has 1 atom stereocenters. The van der Waals surface area contributed by atoms with Gasteiger partial charge in [0, 0.05) is 18.5 Å². The van der Waals surface area contributed by atoms with Crippen molar-refractivity contribution < 1.29 is 14.3 Å². The zero-order valence-corrected chi connectivity index (χ0v) is 13.8. The number of amides is 1. The van der Waals surface area contributed by atoms with Crippen LogP contribution in [0, 0.1) is 0 Å². The van der Waals surface area contributed by atoms with E-state index in [4.69, 9.17) is 16.3 Å². The third kappa shape index (κ3) is 4.33. The lowest BCUT2D eigenvalue weighted by atomic mass is 10.0. The molecule has 2 aromatic carbocycles. The minimum absolute atomic E-state index is 0.209. The number of carbonyl (C=O) groups is 2. The lowest BCUT2D eigenvalue weighted by Crippen LogP contribution is -2.37. The summed E-state index contributed by atoms with van der Waals surface area (Å²) in [5.41, 5.74) is 1.60. The third-order valence-electron chi connectivity index (χ3n) is 3.52. The van der Waals surface area contributed by atoms with E-state index in [1.54, 1.807) is 24.3 Å². The van der Waals surface area contributed by atoms with Gasteiger partial charge in [0.1, 0.15) is 0 Å². The predicted molar refractivity (Wildman–Crippen MR) is 88.9 cm³/mol. The smallest absolute Gasteiger partial charge is 0.333 e. The Labute approximate surface area is 140 Å². The summed E-state index contributed by atoms with van der Waals surface area (Å²) in [5.74, 6) is -0.697. The number of hydrogen-bond acceptors (Lipinski definition) is 3. The molecule has 0 N–H and O–H groups in total. The molecular weight excluding hydrogens is 314 g/mol. The van der Waals surface area contributed by atoms with Gasteiger partial charge in [0.2, 0.25) is 5.91 Å². The van der Waals surface area contributed by atoms with Gasteiger partial charge in [-0.1, -0.05) is 54.1 Å². The molecule has 0 aliphatic heterocycles. The number of ether oxygens (including phenoxy) is 1. The second-order valence-corrected chi connectivity index (χ2v) is 5.55. The van der Waals surface area contributed by atoms with Gasteiger partial charge >= 0.3 is 5.97 Å². The molecule has 120 valence electrons. The topological polar surface area (TPSA) is 46.6 Å². The molecule has 5 heteroatoms. The number of rotatable bonds is 5. The van der Waals surface area contributed by atoms with Crippen molar-refractivity contribution in [1.82, 2.24) is 4.90 Å². The molecule has 0 bridgehead atoms. The molecule has 1 unspecified atom stereocenters. The van der Waals surface area contributed by atoms with Crippen molar-refractivity contribution in [3.05, 3.63) is 70.7 Å². The van der Waals surface area contributed by atoms with Crippen LogP contribution in [0.15, 0.2) is 54.6 Å². The average Bonchev–Trinajstić information content (AvgIpc) is 2.56. The normalized spacial score (nSPS) is 11.6. The molecule has 2 rings (SSSR count). The summed E-state index contributed by atoms with van der Waals surface area (Å²) in [5, 5.41) is 0.565. The fraction of sp³-hybridized carbons (Fsp3) is 0.222. The van der Waals surface area contributed by atoms with E-state index in [2.05, 4.69) is 0 Å². The fourth-order valence-electron chi connectivity index (χ4n) is 2.36. The fourth-order valence-corrected chi connectivity index (χ4v) is 2.49. The van der Waals surface area contributed by atoms with Crippen LogP contribution in [0.5, 0.6) is 0 Å². The number of methoxy groups -OCH3 is 1. The number of esters is 1. The lowest BCUT2D eigenvalue weighted by Gasteiger charge is -2.29. The zero-order valence-electron chi connectivity index (χ0n) is 13.0. The average molecular weight is 332 g/mol. The summed E-state index contributed by atoms with van der Waals surface area (Å²) in [7, 11) is 1.31. The summed E-state index contributed by atoms with van der Waals surface area (Å²) in [4.78, 5) is 25.9. The van der Waals surface area contributed by atoms with E-state index in [0.717, 1.165) is 5.56 Å². The SMILES string of the molecule is COC(=O)C(c1ccc(Cl)cc1)N(Cc1ccccc1)C(C)=O. The molecule has 1 amide bonds. The number of hydrogen-bond donors (Lipinski definition) is 0. The Morgan fingerprint density at radius 3 is 2.22 bits per heavy atom. The van der Waals surface area contributed by atoms with E-state index < -0.39 is 12.0 Å². The van der Waals surface area contributed by atoms with Crippen molar-refractivity contribution in [2.45, 2.75) is 19.5 Å². The zero-order chi connectivity index (χ0) is 16.8. The molecular formula is C18H18ClNO3. The summed E-state index contributed by atoms with van der Waals surface area (Å²) >= 11 is 5.90. The molecule has 0 aliphatic rings. The van der Waals surface area contributed by atoms with E-state index in [1.807, 2.05) is 30.3 Å². The molecule has 23 heavy (non-hydrogen) atoms. The largest absolute Gasteiger partial charge is 0.467 e. The van der Waals surface area contributed by atoms with Crippen LogP contribution in [0.4, 0.5) is 0 Å².